The predicted octanol–water partition coefficient (Wildman–Crippen LogP) is 17.5. The highest BCUT2D eigenvalue weighted by molar-refractivity contribution is 6.01. The first kappa shape index (κ1) is 39.4. The molecule has 0 heterocycles. The van der Waals surface area contributed by atoms with Gasteiger partial charge < -0.3 is 4.90 Å². The smallest absolute Gasteiger partial charge is 0.0540 e. The Morgan fingerprint density at radius 2 is 0.844 bits per heavy atom. The average molecular weight is 822 g/mol. The third-order valence-electron chi connectivity index (χ3n) is 13.8. The lowest BCUT2D eigenvalue weighted by atomic mass is 9.70. The summed E-state index contributed by atoms with van der Waals surface area (Å²) in [6.45, 7) is 9.24. The van der Waals surface area contributed by atoms with Crippen LogP contribution in [-0.4, -0.2) is 0 Å². The van der Waals surface area contributed by atoms with E-state index in [9.17, 15) is 0 Å². The van der Waals surface area contributed by atoms with Crippen molar-refractivity contribution >= 4 is 38.6 Å². The van der Waals surface area contributed by atoms with E-state index in [0.717, 1.165) is 23.5 Å². The SMILES string of the molecule is CCC1(c2ccc(C(C)(C)C)cc2)c2ccccc2-c2c(-c3ccccc3N(c3ccc(-c4cccc5ccccc45)cc3)c3ccc(-c4cccc5ccccc45)cc3)cccc21. The van der Waals surface area contributed by atoms with Gasteiger partial charge in [0.15, 0.2) is 0 Å². The van der Waals surface area contributed by atoms with E-state index in [1.54, 1.807) is 0 Å². The van der Waals surface area contributed by atoms with Crippen LogP contribution in [0.5, 0.6) is 0 Å². The van der Waals surface area contributed by atoms with Crippen LogP contribution < -0.4 is 4.90 Å². The molecule has 0 N–H and O–H groups in total. The zero-order valence-corrected chi connectivity index (χ0v) is 37.0. The first-order chi connectivity index (χ1) is 31.3. The van der Waals surface area contributed by atoms with Gasteiger partial charge in [-0.1, -0.05) is 222 Å². The summed E-state index contributed by atoms with van der Waals surface area (Å²) in [5.74, 6) is 0. The molecular formula is C63H51N. The molecule has 0 amide bonds. The minimum Gasteiger partial charge on any atom is -0.310 e. The molecule has 1 aliphatic carbocycles. The fourth-order valence-corrected chi connectivity index (χ4v) is 10.6. The third kappa shape index (κ3) is 6.46. The lowest BCUT2D eigenvalue weighted by molar-refractivity contribution is 0.584. The standard InChI is InChI=1S/C63H51N/c1-5-63(48-37-35-47(36-38-48)62(2,3)4)58-28-12-10-24-57(58)61-56(27-16-29-59(61)63)55-23-11-13-30-60(55)64(49-39-31-45(32-40-49)53-25-14-19-43-17-6-8-21-51(43)53)50-41-33-46(34-42-50)54-26-15-20-44-18-7-9-22-52(44)54/h6-42H,5H2,1-4H3. The number of nitrogens with zero attached hydrogens (tertiary/aromatic N) is 1. The third-order valence-corrected chi connectivity index (χ3v) is 13.8. The van der Waals surface area contributed by atoms with Crippen LogP contribution in [0.15, 0.2) is 224 Å². The van der Waals surface area contributed by atoms with Crippen LogP contribution in [0.4, 0.5) is 17.1 Å². The Bertz CT molecular complexity index is 3200. The van der Waals surface area contributed by atoms with Crippen molar-refractivity contribution < 1.29 is 0 Å². The Kier molecular flexibility index (Phi) is 9.66. The predicted molar refractivity (Wildman–Crippen MR) is 273 cm³/mol. The van der Waals surface area contributed by atoms with Gasteiger partial charge in [-0.25, -0.2) is 0 Å². The topological polar surface area (TPSA) is 3.24 Å². The van der Waals surface area contributed by atoms with E-state index in [0.29, 0.717) is 0 Å². The van der Waals surface area contributed by atoms with Crippen molar-refractivity contribution in [2.75, 3.05) is 4.90 Å². The Hall–Kier alpha value is -7.48. The van der Waals surface area contributed by atoms with Gasteiger partial charge in [-0.05, 0) is 125 Å². The van der Waals surface area contributed by atoms with E-state index >= 15 is 0 Å². The van der Waals surface area contributed by atoms with E-state index in [4.69, 9.17) is 0 Å². The maximum atomic E-state index is 2.45. The monoisotopic (exact) mass is 821 g/mol. The molecule has 308 valence electrons. The van der Waals surface area contributed by atoms with Crippen LogP contribution in [0.3, 0.4) is 0 Å². The summed E-state index contributed by atoms with van der Waals surface area (Å²) in [6, 6.07) is 83.5. The second kappa shape index (κ2) is 15.7. The summed E-state index contributed by atoms with van der Waals surface area (Å²) in [7, 11) is 0. The molecular weight excluding hydrogens is 771 g/mol. The Balaban J connectivity index is 1.09. The molecule has 0 saturated carbocycles. The molecule has 0 radical (unpaired) electrons. The van der Waals surface area contributed by atoms with Crippen molar-refractivity contribution in [3.63, 3.8) is 0 Å². The molecule has 10 aromatic rings. The van der Waals surface area contributed by atoms with Gasteiger partial charge in [0.05, 0.1) is 5.69 Å². The van der Waals surface area contributed by atoms with Crippen LogP contribution >= 0.6 is 0 Å². The lowest BCUT2D eigenvalue weighted by Crippen LogP contribution is -2.26. The highest BCUT2D eigenvalue weighted by atomic mass is 15.1. The molecule has 1 aliphatic rings. The fraction of sp³-hybridized carbons (Fsp3) is 0.111. The van der Waals surface area contributed by atoms with E-state index < -0.39 is 0 Å². The number of hydrogen-bond acceptors (Lipinski definition) is 1. The van der Waals surface area contributed by atoms with E-state index in [-0.39, 0.29) is 10.8 Å². The van der Waals surface area contributed by atoms with Gasteiger partial charge in [0.1, 0.15) is 0 Å². The van der Waals surface area contributed by atoms with Gasteiger partial charge in [-0.3, -0.25) is 0 Å². The maximum Gasteiger partial charge on any atom is 0.0540 e. The van der Waals surface area contributed by atoms with Gasteiger partial charge in [-0.2, -0.15) is 0 Å². The minimum atomic E-state index is -0.276. The number of anilines is 3. The summed E-state index contributed by atoms with van der Waals surface area (Å²) >= 11 is 0. The van der Waals surface area contributed by atoms with Crippen molar-refractivity contribution in [3.05, 3.63) is 247 Å². The summed E-state index contributed by atoms with van der Waals surface area (Å²) < 4.78 is 0. The molecule has 0 aromatic heterocycles. The van der Waals surface area contributed by atoms with Crippen molar-refractivity contribution in [3.8, 4) is 44.5 Å². The molecule has 10 aromatic carbocycles. The first-order valence-electron chi connectivity index (χ1n) is 22.7. The Morgan fingerprint density at radius 1 is 0.391 bits per heavy atom. The molecule has 0 fully saturated rings. The molecule has 0 spiro atoms. The molecule has 1 atom stereocenters. The van der Waals surface area contributed by atoms with Crippen molar-refractivity contribution in [1.29, 1.82) is 0 Å². The highest BCUT2D eigenvalue weighted by Gasteiger charge is 2.44. The molecule has 1 heteroatoms. The molecule has 0 aliphatic heterocycles. The molecule has 0 bridgehead atoms. The second-order valence-corrected chi connectivity index (χ2v) is 18.4. The molecule has 11 rings (SSSR count). The van der Waals surface area contributed by atoms with E-state index in [1.807, 2.05) is 0 Å². The Labute approximate surface area is 378 Å². The summed E-state index contributed by atoms with van der Waals surface area (Å²) in [6.07, 6.45) is 0.954. The van der Waals surface area contributed by atoms with Gasteiger partial charge in [0, 0.05) is 22.4 Å². The van der Waals surface area contributed by atoms with Gasteiger partial charge in [0.2, 0.25) is 0 Å². The van der Waals surface area contributed by atoms with Crippen LogP contribution in [0.1, 0.15) is 56.4 Å². The highest BCUT2D eigenvalue weighted by Crippen LogP contribution is 2.58. The Morgan fingerprint density at radius 3 is 1.42 bits per heavy atom. The molecule has 64 heavy (non-hydrogen) atoms. The lowest BCUT2D eigenvalue weighted by Gasteiger charge is -2.33. The first-order valence-corrected chi connectivity index (χ1v) is 22.7. The van der Waals surface area contributed by atoms with Crippen molar-refractivity contribution in [2.45, 2.75) is 44.9 Å². The number of rotatable bonds is 8. The quantitative estimate of drug-likeness (QED) is 0.148. The molecule has 1 nitrogen and oxygen atoms in total. The number of fused-ring (bicyclic) bond motifs is 5. The fourth-order valence-electron chi connectivity index (χ4n) is 10.6. The zero-order valence-electron chi connectivity index (χ0n) is 37.0. The average Bonchev–Trinajstić information content (AvgIpc) is 3.65. The van der Waals surface area contributed by atoms with Crippen LogP contribution in [-0.2, 0) is 10.8 Å². The van der Waals surface area contributed by atoms with Crippen LogP contribution in [0.2, 0.25) is 0 Å². The number of hydrogen-bond donors (Lipinski definition) is 0. The van der Waals surface area contributed by atoms with E-state index in [2.05, 4.69) is 257 Å². The number of para-hydroxylation sites is 1. The van der Waals surface area contributed by atoms with Crippen molar-refractivity contribution in [1.82, 2.24) is 0 Å². The largest absolute Gasteiger partial charge is 0.310 e. The van der Waals surface area contributed by atoms with Crippen molar-refractivity contribution in [2.24, 2.45) is 0 Å². The summed E-state index contributed by atoms with van der Waals surface area (Å²) in [4.78, 5) is 2.45. The summed E-state index contributed by atoms with van der Waals surface area (Å²) in [5.41, 5.74) is 18.5. The number of benzene rings is 10. The van der Waals surface area contributed by atoms with Crippen LogP contribution in [0, 0.1) is 0 Å². The zero-order chi connectivity index (χ0) is 43.4. The van der Waals surface area contributed by atoms with Crippen LogP contribution in [0.25, 0.3) is 66.1 Å². The summed E-state index contributed by atoms with van der Waals surface area (Å²) in [5, 5.41) is 5.01. The normalized spacial score (nSPS) is 14.4. The maximum absolute atomic E-state index is 2.45. The molecule has 0 saturated heterocycles. The van der Waals surface area contributed by atoms with Gasteiger partial charge in [-0.15, -0.1) is 0 Å². The van der Waals surface area contributed by atoms with Gasteiger partial charge in [0.25, 0.3) is 0 Å². The van der Waals surface area contributed by atoms with Gasteiger partial charge >= 0.3 is 0 Å². The van der Waals surface area contributed by atoms with E-state index in [1.165, 1.54) is 88.3 Å². The molecule has 1 unspecified atom stereocenters. The minimum absolute atomic E-state index is 0.0820. The second-order valence-electron chi connectivity index (χ2n) is 18.4.